The summed E-state index contributed by atoms with van der Waals surface area (Å²) in [5, 5.41) is 13.4. The second kappa shape index (κ2) is 10.4. The number of rotatable bonds is 10. The van der Waals surface area contributed by atoms with E-state index in [-0.39, 0.29) is 23.8 Å². The molecular weight excluding hydrogens is 288 g/mol. The molecule has 0 unspecified atom stereocenters. The largest absolute Gasteiger partial charge is 0.391 e. The van der Waals surface area contributed by atoms with E-state index in [0.29, 0.717) is 19.4 Å². The molecule has 0 aliphatic carbocycles. The summed E-state index contributed by atoms with van der Waals surface area (Å²) in [6, 6.07) is 9.54. The summed E-state index contributed by atoms with van der Waals surface area (Å²) in [6.07, 6.45) is 2.37. The van der Waals surface area contributed by atoms with Crippen LogP contribution in [0.15, 0.2) is 30.3 Å². The highest BCUT2D eigenvalue weighted by atomic mass is 16.3. The van der Waals surface area contributed by atoms with Gasteiger partial charge in [0, 0.05) is 18.5 Å². The highest BCUT2D eigenvalue weighted by molar-refractivity contribution is 5.78. The second-order valence-electron chi connectivity index (χ2n) is 6.65. The molecule has 0 fully saturated rings. The average molecular weight is 320 g/mol. The molecular formula is C19H32N2O2. The third-order valence-corrected chi connectivity index (χ3v) is 4.27. The third kappa shape index (κ3) is 7.14. The first-order chi connectivity index (χ1) is 11.0. The van der Waals surface area contributed by atoms with E-state index in [1.807, 2.05) is 44.2 Å². The highest BCUT2D eigenvalue weighted by Crippen LogP contribution is 2.20. The smallest absolute Gasteiger partial charge is 0.223 e. The van der Waals surface area contributed by atoms with Crippen molar-refractivity contribution >= 4 is 5.91 Å². The minimum atomic E-state index is -0.681. The van der Waals surface area contributed by atoms with Crippen molar-refractivity contribution in [3.63, 3.8) is 0 Å². The first kappa shape index (κ1) is 19.7. The van der Waals surface area contributed by atoms with Crippen molar-refractivity contribution in [2.75, 3.05) is 6.54 Å². The van der Waals surface area contributed by atoms with E-state index in [1.165, 1.54) is 0 Å². The summed E-state index contributed by atoms with van der Waals surface area (Å²) in [5.41, 5.74) is 7.24. The SMILES string of the molecule is CCCCNC(=O)[C@@H](C[C@H](O)[C@@H](N)Cc1ccccc1)C(C)C. The Morgan fingerprint density at radius 3 is 2.48 bits per heavy atom. The van der Waals surface area contributed by atoms with Crippen LogP contribution in [-0.4, -0.2) is 29.7 Å². The predicted molar refractivity (Wildman–Crippen MR) is 95.0 cm³/mol. The van der Waals surface area contributed by atoms with Gasteiger partial charge in [0.1, 0.15) is 0 Å². The maximum Gasteiger partial charge on any atom is 0.223 e. The fourth-order valence-corrected chi connectivity index (χ4v) is 2.66. The van der Waals surface area contributed by atoms with Crippen LogP contribution in [0.5, 0.6) is 0 Å². The van der Waals surface area contributed by atoms with E-state index in [4.69, 9.17) is 5.73 Å². The quantitative estimate of drug-likeness (QED) is 0.580. The van der Waals surface area contributed by atoms with Crippen molar-refractivity contribution in [3.05, 3.63) is 35.9 Å². The molecule has 0 bridgehead atoms. The molecule has 1 aromatic rings. The van der Waals surface area contributed by atoms with Crippen molar-refractivity contribution in [1.82, 2.24) is 5.32 Å². The number of aliphatic hydroxyl groups is 1. The molecule has 1 rings (SSSR count). The van der Waals surface area contributed by atoms with E-state index in [1.54, 1.807) is 0 Å². The molecule has 0 heterocycles. The van der Waals surface area contributed by atoms with Gasteiger partial charge in [-0.05, 0) is 30.7 Å². The molecule has 1 amide bonds. The number of carbonyl (C=O) groups excluding carboxylic acids is 1. The lowest BCUT2D eigenvalue weighted by Gasteiger charge is -2.26. The van der Waals surface area contributed by atoms with Crippen LogP contribution in [0.1, 0.15) is 45.6 Å². The topological polar surface area (TPSA) is 75.3 Å². The standard InChI is InChI=1S/C19H32N2O2/c1-4-5-11-21-19(23)16(14(2)3)13-18(22)17(20)12-15-9-7-6-8-10-15/h6-10,14,16-18,22H,4-5,11-13,20H2,1-3H3,(H,21,23)/t16-,17-,18-/m0/s1. The van der Waals surface area contributed by atoms with Crippen molar-refractivity contribution in [3.8, 4) is 0 Å². The van der Waals surface area contributed by atoms with Crippen molar-refractivity contribution in [2.24, 2.45) is 17.6 Å². The van der Waals surface area contributed by atoms with Gasteiger partial charge in [-0.3, -0.25) is 4.79 Å². The van der Waals surface area contributed by atoms with E-state index in [2.05, 4.69) is 12.2 Å². The molecule has 4 heteroatoms. The minimum absolute atomic E-state index is 0.0272. The molecule has 4 nitrogen and oxygen atoms in total. The summed E-state index contributed by atoms with van der Waals surface area (Å²) >= 11 is 0. The third-order valence-electron chi connectivity index (χ3n) is 4.27. The molecule has 130 valence electrons. The number of aliphatic hydroxyl groups excluding tert-OH is 1. The Balaban J connectivity index is 2.55. The molecule has 0 saturated carbocycles. The van der Waals surface area contributed by atoms with Crippen LogP contribution < -0.4 is 11.1 Å². The van der Waals surface area contributed by atoms with Gasteiger partial charge in [0.05, 0.1) is 6.10 Å². The van der Waals surface area contributed by atoms with Gasteiger partial charge in [0.2, 0.25) is 5.91 Å². The first-order valence-electron chi connectivity index (χ1n) is 8.71. The van der Waals surface area contributed by atoms with Gasteiger partial charge in [0.15, 0.2) is 0 Å². The normalized spacial score (nSPS) is 15.2. The van der Waals surface area contributed by atoms with Crippen LogP contribution in [-0.2, 0) is 11.2 Å². The van der Waals surface area contributed by atoms with Crippen LogP contribution in [0.4, 0.5) is 0 Å². The number of amides is 1. The predicted octanol–water partition coefficient (Wildman–Crippen LogP) is 2.50. The first-order valence-corrected chi connectivity index (χ1v) is 8.71. The van der Waals surface area contributed by atoms with Crippen LogP contribution in [0.3, 0.4) is 0 Å². The van der Waals surface area contributed by atoms with Gasteiger partial charge >= 0.3 is 0 Å². The Kier molecular flexibility index (Phi) is 8.89. The Morgan fingerprint density at radius 2 is 1.91 bits per heavy atom. The average Bonchev–Trinajstić information content (AvgIpc) is 2.53. The van der Waals surface area contributed by atoms with Crippen molar-refractivity contribution < 1.29 is 9.90 Å². The Labute approximate surface area is 140 Å². The molecule has 0 saturated heterocycles. The summed E-state index contributed by atoms with van der Waals surface area (Å²) < 4.78 is 0. The molecule has 0 spiro atoms. The van der Waals surface area contributed by atoms with Crippen LogP contribution in [0, 0.1) is 11.8 Å². The highest BCUT2D eigenvalue weighted by Gasteiger charge is 2.27. The number of benzene rings is 1. The van der Waals surface area contributed by atoms with Crippen molar-refractivity contribution in [2.45, 2.75) is 58.6 Å². The molecule has 0 aliphatic rings. The molecule has 0 aliphatic heterocycles. The van der Waals surface area contributed by atoms with Gasteiger partial charge in [-0.15, -0.1) is 0 Å². The maximum absolute atomic E-state index is 12.3. The summed E-state index contributed by atoms with van der Waals surface area (Å²) in [7, 11) is 0. The molecule has 23 heavy (non-hydrogen) atoms. The fourth-order valence-electron chi connectivity index (χ4n) is 2.66. The van der Waals surface area contributed by atoms with Gasteiger partial charge < -0.3 is 16.2 Å². The zero-order valence-electron chi connectivity index (χ0n) is 14.7. The Hall–Kier alpha value is -1.39. The molecule has 4 N–H and O–H groups in total. The molecule has 0 aromatic heterocycles. The maximum atomic E-state index is 12.3. The number of hydrogen-bond donors (Lipinski definition) is 3. The number of unbranched alkanes of at least 4 members (excludes halogenated alkanes) is 1. The van der Waals surface area contributed by atoms with Gasteiger partial charge in [0.25, 0.3) is 0 Å². The summed E-state index contributed by atoms with van der Waals surface area (Å²) in [4.78, 5) is 12.3. The van der Waals surface area contributed by atoms with Gasteiger partial charge in [-0.1, -0.05) is 57.5 Å². The molecule has 0 radical (unpaired) electrons. The van der Waals surface area contributed by atoms with Gasteiger partial charge in [-0.25, -0.2) is 0 Å². The van der Waals surface area contributed by atoms with E-state index in [9.17, 15) is 9.90 Å². The van der Waals surface area contributed by atoms with Gasteiger partial charge in [-0.2, -0.15) is 0 Å². The fraction of sp³-hybridized carbons (Fsp3) is 0.632. The van der Waals surface area contributed by atoms with Crippen molar-refractivity contribution in [1.29, 1.82) is 0 Å². The van der Waals surface area contributed by atoms with E-state index >= 15 is 0 Å². The number of nitrogens with two attached hydrogens (primary N) is 1. The summed E-state index contributed by atoms with van der Waals surface area (Å²) in [6.45, 7) is 6.82. The van der Waals surface area contributed by atoms with Crippen LogP contribution in [0.2, 0.25) is 0 Å². The number of carbonyl (C=O) groups is 1. The number of nitrogens with one attached hydrogen (secondary N) is 1. The minimum Gasteiger partial charge on any atom is -0.391 e. The molecule has 1 aromatic carbocycles. The molecule has 3 atom stereocenters. The lowest BCUT2D eigenvalue weighted by Crippen LogP contribution is -2.42. The Bertz CT molecular complexity index is 448. The zero-order chi connectivity index (χ0) is 17.2. The lowest BCUT2D eigenvalue weighted by molar-refractivity contribution is -0.127. The zero-order valence-corrected chi connectivity index (χ0v) is 14.7. The lowest BCUT2D eigenvalue weighted by atomic mass is 9.86. The van der Waals surface area contributed by atoms with Crippen LogP contribution in [0.25, 0.3) is 0 Å². The monoisotopic (exact) mass is 320 g/mol. The Morgan fingerprint density at radius 1 is 1.26 bits per heavy atom. The van der Waals surface area contributed by atoms with E-state index in [0.717, 1.165) is 18.4 Å². The summed E-state index contributed by atoms with van der Waals surface area (Å²) in [5.74, 6) is -0.00158. The second-order valence-corrected chi connectivity index (χ2v) is 6.65. The van der Waals surface area contributed by atoms with E-state index < -0.39 is 6.10 Å². The van der Waals surface area contributed by atoms with Crippen LogP contribution >= 0.6 is 0 Å². The number of hydrogen-bond acceptors (Lipinski definition) is 3.